The molecule has 2 rings (SSSR count). The van der Waals surface area contributed by atoms with E-state index >= 15 is 0 Å². The van der Waals surface area contributed by atoms with E-state index in [0.717, 1.165) is 0 Å². The lowest BCUT2D eigenvalue weighted by Crippen LogP contribution is -2.33. The van der Waals surface area contributed by atoms with Crippen molar-refractivity contribution in [1.82, 2.24) is 4.90 Å². The highest BCUT2D eigenvalue weighted by Gasteiger charge is 2.40. The largest absolute Gasteiger partial charge is 0.392 e. The third-order valence-corrected chi connectivity index (χ3v) is 3.43. The molecule has 2 atom stereocenters. The number of aliphatic hydroxyl groups is 1. The minimum atomic E-state index is -0.798. The van der Waals surface area contributed by atoms with Gasteiger partial charge in [-0.3, -0.25) is 4.79 Å². The van der Waals surface area contributed by atoms with Gasteiger partial charge in [0.1, 0.15) is 6.04 Å². The number of hydrogen-bond acceptors (Lipinski definition) is 3. The first-order valence-corrected chi connectivity index (χ1v) is 6.09. The number of aliphatic hydroxyl groups excluding tert-OH is 1. The molecule has 1 aromatic rings. The van der Waals surface area contributed by atoms with E-state index in [2.05, 4.69) is 0 Å². The van der Waals surface area contributed by atoms with Crippen LogP contribution in [0.2, 0.25) is 10.0 Å². The van der Waals surface area contributed by atoms with Gasteiger partial charge in [0.15, 0.2) is 0 Å². The number of β-amino-alcohol motifs (C(OH)–C–C–N with tert-alkyl or cyclic N) is 1. The van der Waals surface area contributed by atoms with Crippen molar-refractivity contribution >= 4 is 29.1 Å². The number of nitrogens with zero attached hydrogens (tertiary/aromatic N) is 2. The third kappa shape index (κ3) is 1.95. The van der Waals surface area contributed by atoms with Gasteiger partial charge in [0.25, 0.3) is 5.91 Å². The van der Waals surface area contributed by atoms with Crippen molar-refractivity contribution in [3.8, 4) is 6.07 Å². The van der Waals surface area contributed by atoms with E-state index in [4.69, 9.17) is 23.2 Å². The summed E-state index contributed by atoms with van der Waals surface area (Å²) in [5, 5.41) is 19.2. The van der Waals surface area contributed by atoms with Crippen molar-refractivity contribution in [2.24, 2.45) is 0 Å². The monoisotopic (exact) mass is 284 g/mol. The van der Waals surface area contributed by atoms with Gasteiger partial charge < -0.3 is 10.0 Å². The first-order chi connectivity index (χ1) is 8.47. The zero-order chi connectivity index (χ0) is 13.4. The van der Waals surface area contributed by atoms with Crippen LogP contribution in [0, 0.1) is 11.3 Å². The highest BCUT2D eigenvalue weighted by Crippen LogP contribution is 2.41. The molecule has 0 bridgehead atoms. The summed E-state index contributed by atoms with van der Waals surface area (Å²) < 4.78 is 0. The Balaban J connectivity index is 2.57. The molecule has 1 amide bonds. The van der Waals surface area contributed by atoms with Crippen LogP contribution in [-0.2, 0) is 0 Å². The number of hydrogen-bond donors (Lipinski definition) is 1. The first-order valence-electron chi connectivity index (χ1n) is 5.34. The van der Waals surface area contributed by atoms with Crippen molar-refractivity contribution in [1.29, 1.82) is 5.26 Å². The topological polar surface area (TPSA) is 64.3 Å². The molecule has 1 aromatic carbocycles. The molecule has 0 spiro atoms. The molecule has 0 aromatic heterocycles. The van der Waals surface area contributed by atoms with E-state index < -0.39 is 12.1 Å². The molecule has 0 saturated heterocycles. The maximum Gasteiger partial charge on any atom is 0.257 e. The Morgan fingerprint density at radius 2 is 2.11 bits per heavy atom. The van der Waals surface area contributed by atoms with Crippen LogP contribution in [0.25, 0.3) is 0 Å². The summed E-state index contributed by atoms with van der Waals surface area (Å²) in [6.45, 7) is 1.62. The van der Waals surface area contributed by atoms with Gasteiger partial charge in [0, 0.05) is 17.1 Å². The van der Waals surface area contributed by atoms with Crippen molar-refractivity contribution < 1.29 is 9.90 Å². The Bertz CT molecular complexity index is 552. The molecule has 1 heterocycles. The van der Waals surface area contributed by atoms with Crippen molar-refractivity contribution in [2.45, 2.75) is 19.1 Å². The van der Waals surface area contributed by atoms with E-state index in [-0.39, 0.29) is 23.0 Å². The molecule has 0 aliphatic carbocycles. The molecular weight excluding hydrogens is 275 g/mol. The Hall–Kier alpha value is -1.28. The molecular formula is C12H10Cl2N2O2. The molecule has 2 unspecified atom stereocenters. The quantitative estimate of drug-likeness (QED) is 0.907. The number of benzene rings is 1. The highest BCUT2D eigenvalue weighted by molar-refractivity contribution is 6.37. The van der Waals surface area contributed by atoms with E-state index in [1.807, 2.05) is 6.07 Å². The molecule has 0 fully saturated rings. The fraction of sp³-hybridized carbons (Fsp3) is 0.333. The van der Waals surface area contributed by atoms with Crippen LogP contribution in [0.4, 0.5) is 0 Å². The van der Waals surface area contributed by atoms with Gasteiger partial charge in [0.05, 0.1) is 22.8 Å². The number of amides is 1. The third-order valence-electron chi connectivity index (χ3n) is 2.78. The van der Waals surface area contributed by atoms with Crippen LogP contribution in [0.3, 0.4) is 0 Å². The molecule has 0 radical (unpaired) electrons. The first kappa shape index (κ1) is 13.2. The lowest BCUT2D eigenvalue weighted by Gasteiger charge is -2.21. The van der Waals surface area contributed by atoms with Gasteiger partial charge in [-0.05, 0) is 19.1 Å². The van der Waals surface area contributed by atoms with Crippen molar-refractivity contribution in [2.75, 3.05) is 6.54 Å². The summed E-state index contributed by atoms with van der Waals surface area (Å²) in [5.74, 6) is -0.370. The van der Waals surface area contributed by atoms with E-state index in [9.17, 15) is 15.2 Å². The van der Waals surface area contributed by atoms with E-state index in [1.165, 1.54) is 11.0 Å². The summed E-state index contributed by atoms with van der Waals surface area (Å²) in [7, 11) is 0. The number of nitriles is 1. The van der Waals surface area contributed by atoms with Gasteiger partial charge >= 0.3 is 0 Å². The fourth-order valence-corrected chi connectivity index (χ4v) is 2.58. The lowest BCUT2D eigenvalue weighted by molar-refractivity contribution is 0.0641. The average Bonchev–Trinajstić information content (AvgIpc) is 2.58. The van der Waals surface area contributed by atoms with Gasteiger partial charge in [-0.25, -0.2) is 0 Å². The predicted octanol–water partition coefficient (Wildman–Crippen LogP) is 2.39. The average molecular weight is 285 g/mol. The predicted molar refractivity (Wildman–Crippen MR) is 67.5 cm³/mol. The smallest absolute Gasteiger partial charge is 0.257 e. The van der Waals surface area contributed by atoms with Gasteiger partial charge in [0.2, 0.25) is 0 Å². The molecule has 1 N–H and O–H groups in total. The van der Waals surface area contributed by atoms with Gasteiger partial charge in [-0.15, -0.1) is 0 Å². The second-order valence-corrected chi connectivity index (χ2v) is 4.97. The van der Waals surface area contributed by atoms with Crippen molar-refractivity contribution in [3.05, 3.63) is 33.3 Å². The van der Waals surface area contributed by atoms with Crippen LogP contribution in [-0.4, -0.2) is 28.6 Å². The van der Waals surface area contributed by atoms with E-state index in [0.29, 0.717) is 10.6 Å². The highest BCUT2D eigenvalue weighted by atomic mass is 35.5. The maximum absolute atomic E-state index is 12.2. The van der Waals surface area contributed by atoms with E-state index in [1.54, 1.807) is 13.0 Å². The van der Waals surface area contributed by atoms with Crippen LogP contribution in [0.1, 0.15) is 28.9 Å². The standard InChI is InChI=1S/C12H10Cl2N2O2/c1-6(17)5-16-9(4-15)10-7(13)2-3-8(14)11(10)12(16)18/h2-3,6,9,17H,5H2,1H3. The molecule has 18 heavy (non-hydrogen) atoms. The van der Waals surface area contributed by atoms with Gasteiger partial charge in [-0.2, -0.15) is 5.26 Å². The zero-order valence-corrected chi connectivity index (χ0v) is 11.0. The van der Waals surface area contributed by atoms with Crippen molar-refractivity contribution in [3.63, 3.8) is 0 Å². The number of fused-ring (bicyclic) bond motifs is 1. The second-order valence-electron chi connectivity index (χ2n) is 4.16. The zero-order valence-electron chi connectivity index (χ0n) is 9.52. The molecule has 4 nitrogen and oxygen atoms in total. The number of carbonyl (C=O) groups is 1. The molecule has 1 aliphatic heterocycles. The number of rotatable bonds is 2. The number of halogens is 2. The lowest BCUT2D eigenvalue weighted by atomic mass is 10.1. The number of carbonyl (C=O) groups excluding carboxylic acids is 1. The van der Waals surface area contributed by atoms with Crippen LogP contribution in [0.5, 0.6) is 0 Å². The summed E-state index contributed by atoms with van der Waals surface area (Å²) in [6, 6.07) is 4.32. The van der Waals surface area contributed by atoms with Gasteiger partial charge in [-0.1, -0.05) is 23.2 Å². The summed E-state index contributed by atoms with van der Waals surface area (Å²) >= 11 is 12.0. The van der Waals surface area contributed by atoms with Crippen LogP contribution < -0.4 is 0 Å². The Labute approximate surface area is 114 Å². The normalized spacial score (nSPS) is 19.6. The second kappa shape index (κ2) is 4.77. The Kier molecular flexibility index (Phi) is 3.49. The molecule has 6 heteroatoms. The summed E-state index contributed by atoms with van der Waals surface area (Å²) in [4.78, 5) is 13.5. The van der Waals surface area contributed by atoms with Crippen LogP contribution in [0.15, 0.2) is 12.1 Å². The maximum atomic E-state index is 12.2. The van der Waals surface area contributed by atoms with Crippen LogP contribution >= 0.6 is 23.2 Å². The molecule has 0 saturated carbocycles. The minimum Gasteiger partial charge on any atom is -0.392 e. The summed E-state index contributed by atoms with van der Waals surface area (Å²) in [6.07, 6.45) is -0.725. The molecule has 94 valence electrons. The Morgan fingerprint density at radius 1 is 1.50 bits per heavy atom. The summed E-state index contributed by atoms with van der Waals surface area (Å²) in [5.41, 5.74) is 0.689. The molecule has 1 aliphatic rings. The Morgan fingerprint density at radius 3 is 2.67 bits per heavy atom. The minimum absolute atomic E-state index is 0.0679. The fourth-order valence-electron chi connectivity index (χ4n) is 2.08. The SMILES string of the molecule is CC(O)CN1C(=O)c2c(Cl)ccc(Cl)c2C1C#N.